The van der Waals surface area contributed by atoms with Gasteiger partial charge in [-0.1, -0.05) is 31.9 Å². The number of halogens is 1. The molecule has 0 unspecified atom stereocenters. The van der Waals surface area contributed by atoms with Crippen molar-refractivity contribution in [3.05, 3.63) is 34.3 Å². The van der Waals surface area contributed by atoms with Gasteiger partial charge in [0.1, 0.15) is 0 Å². The van der Waals surface area contributed by atoms with Crippen molar-refractivity contribution in [1.29, 1.82) is 0 Å². The van der Waals surface area contributed by atoms with Crippen molar-refractivity contribution < 1.29 is 4.79 Å². The Bertz CT molecular complexity index is 506. The monoisotopic (exact) mass is 354 g/mol. The van der Waals surface area contributed by atoms with E-state index in [1.165, 1.54) is 19.3 Å². The summed E-state index contributed by atoms with van der Waals surface area (Å²) in [5.41, 5.74) is 0.591. The standard InChI is InChI=1S/C15H19BrN2OS/c1-10-6-2-5-9-13(10)17-15(20)18-14(19)11-7-3-4-8-12(11)16/h3-4,7-8,10,13H,2,5-6,9H2,1H3,(H2,17,18,19,20)/t10-,13-/m0/s1. The first-order valence-corrected chi connectivity index (χ1v) is 8.14. The Labute approximate surface area is 133 Å². The number of amides is 1. The molecule has 2 rings (SSSR count). The molecule has 1 aromatic carbocycles. The third-order valence-electron chi connectivity index (χ3n) is 3.77. The van der Waals surface area contributed by atoms with Crippen LogP contribution in [0.2, 0.25) is 0 Å². The minimum absolute atomic E-state index is 0.182. The number of thiocarbonyl (C=S) groups is 1. The molecule has 3 nitrogen and oxygen atoms in total. The molecule has 1 aromatic rings. The summed E-state index contributed by atoms with van der Waals surface area (Å²) >= 11 is 8.62. The maximum Gasteiger partial charge on any atom is 0.258 e. The van der Waals surface area contributed by atoms with E-state index in [0.29, 0.717) is 22.6 Å². The van der Waals surface area contributed by atoms with Gasteiger partial charge in [0.05, 0.1) is 5.56 Å². The van der Waals surface area contributed by atoms with Crippen LogP contribution in [-0.4, -0.2) is 17.1 Å². The molecule has 1 amide bonds. The maximum absolute atomic E-state index is 12.1. The van der Waals surface area contributed by atoms with Crippen LogP contribution in [0.3, 0.4) is 0 Å². The Hall–Kier alpha value is -0.940. The highest BCUT2D eigenvalue weighted by atomic mass is 79.9. The molecule has 0 aliphatic heterocycles. The first-order chi connectivity index (χ1) is 9.58. The number of nitrogens with one attached hydrogen (secondary N) is 2. The molecule has 1 saturated carbocycles. The van der Waals surface area contributed by atoms with Gasteiger partial charge in [0.25, 0.3) is 5.91 Å². The molecule has 0 spiro atoms. The third kappa shape index (κ3) is 4.03. The summed E-state index contributed by atoms with van der Waals surface area (Å²) in [6.07, 6.45) is 4.85. The lowest BCUT2D eigenvalue weighted by molar-refractivity contribution is 0.0975. The van der Waals surface area contributed by atoms with E-state index in [1.807, 2.05) is 18.2 Å². The van der Waals surface area contributed by atoms with Gasteiger partial charge in [0.2, 0.25) is 0 Å². The minimum Gasteiger partial charge on any atom is -0.359 e. The molecule has 0 heterocycles. The number of hydrogen-bond donors (Lipinski definition) is 2. The van der Waals surface area contributed by atoms with Crippen LogP contribution < -0.4 is 10.6 Å². The lowest BCUT2D eigenvalue weighted by atomic mass is 9.86. The van der Waals surface area contributed by atoms with Crippen LogP contribution in [0, 0.1) is 5.92 Å². The van der Waals surface area contributed by atoms with Crippen LogP contribution in [0.5, 0.6) is 0 Å². The number of carbonyl (C=O) groups excluding carboxylic acids is 1. The van der Waals surface area contributed by atoms with Crippen molar-refractivity contribution in [2.45, 2.75) is 38.6 Å². The lowest BCUT2D eigenvalue weighted by Gasteiger charge is -2.30. The van der Waals surface area contributed by atoms with Crippen molar-refractivity contribution in [3.63, 3.8) is 0 Å². The quantitative estimate of drug-likeness (QED) is 0.796. The molecule has 0 aromatic heterocycles. The fourth-order valence-corrected chi connectivity index (χ4v) is 3.26. The Morgan fingerprint density at radius 1 is 1.30 bits per heavy atom. The van der Waals surface area contributed by atoms with E-state index in [4.69, 9.17) is 12.2 Å². The summed E-state index contributed by atoms with van der Waals surface area (Å²) in [6, 6.07) is 7.69. The predicted octanol–water partition coefficient (Wildman–Crippen LogP) is 3.63. The van der Waals surface area contributed by atoms with Crippen LogP contribution in [0.4, 0.5) is 0 Å². The molecule has 0 radical (unpaired) electrons. The van der Waals surface area contributed by atoms with E-state index in [0.717, 1.165) is 10.9 Å². The highest BCUT2D eigenvalue weighted by molar-refractivity contribution is 9.10. The maximum atomic E-state index is 12.1. The molecular formula is C15H19BrN2OS. The zero-order valence-corrected chi connectivity index (χ0v) is 13.9. The van der Waals surface area contributed by atoms with E-state index < -0.39 is 0 Å². The van der Waals surface area contributed by atoms with Gasteiger partial charge in [-0.3, -0.25) is 10.1 Å². The Kier molecular flexibility index (Phi) is 5.54. The van der Waals surface area contributed by atoms with E-state index in [9.17, 15) is 4.79 Å². The van der Waals surface area contributed by atoms with Gasteiger partial charge >= 0.3 is 0 Å². The SMILES string of the molecule is C[C@H]1CCCC[C@@H]1NC(=S)NC(=O)c1ccccc1Br. The Morgan fingerprint density at radius 3 is 2.70 bits per heavy atom. The molecule has 5 heteroatoms. The first kappa shape index (κ1) is 15.4. The first-order valence-electron chi connectivity index (χ1n) is 6.94. The van der Waals surface area contributed by atoms with E-state index >= 15 is 0 Å². The van der Waals surface area contributed by atoms with Crippen LogP contribution in [0.25, 0.3) is 0 Å². The number of carbonyl (C=O) groups is 1. The molecule has 20 heavy (non-hydrogen) atoms. The van der Waals surface area contributed by atoms with Crippen molar-refractivity contribution in [1.82, 2.24) is 10.6 Å². The molecule has 1 aliphatic carbocycles. The van der Waals surface area contributed by atoms with Gasteiger partial charge in [0.15, 0.2) is 5.11 Å². The number of rotatable bonds is 2. The fraction of sp³-hybridized carbons (Fsp3) is 0.467. The zero-order chi connectivity index (χ0) is 14.5. The molecule has 2 N–H and O–H groups in total. The van der Waals surface area contributed by atoms with Gasteiger partial charge in [-0.2, -0.15) is 0 Å². The van der Waals surface area contributed by atoms with E-state index in [2.05, 4.69) is 33.5 Å². The van der Waals surface area contributed by atoms with Crippen LogP contribution in [-0.2, 0) is 0 Å². The topological polar surface area (TPSA) is 41.1 Å². The normalized spacial score (nSPS) is 22.1. The average Bonchev–Trinajstić information content (AvgIpc) is 2.41. The Balaban J connectivity index is 1.91. The zero-order valence-electron chi connectivity index (χ0n) is 11.5. The van der Waals surface area contributed by atoms with Crippen LogP contribution in [0.1, 0.15) is 43.0 Å². The summed E-state index contributed by atoms with van der Waals surface area (Å²) in [4.78, 5) is 12.1. The third-order valence-corrected chi connectivity index (χ3v) is 4.68. The summed E-state index contributed by atoms with van der Waals surface area (Å²) < 4.78 is 0.770. The lowest BCUT2D eigenvalue weighted by Crippen LogP contribution is -2.47. The van der Waals surface area contributed by atoms with Crippen molar-refractivity contribution in [2.24, 2.45) is 5.92 Å². The van der Waals surface area contributed by atoms with Gasteiger partial charge in [0, 0.05) is 10.5 Å². The fourth-order valence-electron chi connectivity index (χ4n) is 2.55. The molecule has 0 saturated heterocycles. The summed E-state index contributed by atoms with van der Waals surface area (Å²) in [7, 11) is 0. The van der Waals surface area contributed by atoms with E-state index in [1.54, 1.807) is 6.07 Å². The van der Waals surface area contributed by atoms with Crippen LogP contribution in [0.15, 0.2) is 28.7 Å². The van der Waals surface area contributed by atoms with Gasteiger partial charge in [-0.05, 0) is 59.0 Å². The van der Waals surface area contributed by atoms with Crippen molar-refractivity contribution in [3.8, 4) is 0 Å². The second-order valence-corrected chi connectivity index (χ2v) is 6.54. The molecular weight excluding hydrogens is 336 g/mol. The largest absolute Gasteiger partial charge is 0.359 e. The van der Waals surface area contributed by atoms with Crippen molar-refractivity contribution in [2.75, 3.05) is 0 Å². The molecule has 108 valence electrons. The van der Waals surface area contributed by atoms with E-state index in [-0.39, 0.29) is 5.91 Å². The number of benzene rings is 1. The molecule has 0 bridgehead atoms. The molecule has 2 atom stereocenters. The Morgan fingerprint density at radius 2 is 2.00 bits per heavy atom. The highest BCUT2D eigenvalue weighted by Gasteiger charge is 2.22. The minimum atomic E-state index is -0.182. The molecule has 1 aliphatic rings. The van der Waals surface area contributed by atoms with Gasteiger partial charge in [-0.25, -0.2) is 0 Å². The average molecular weight is 355 g/mol. The second-order valence-electron chi connectivity index (χ2n) is 5.28. The predicted molar refractivity (Wildman–Crippen MR) is 88.8 cm³/mol. The van der Waals surface area contributed by atoms with Crippen LogP contribution >= 0.6 is 28.1 Å². The summed E-state index contributed by atoms with van der Waals surface area (Å²) in [6.45, 7) is 2.23. The van der Waals surface area contributed by atoms with Gasteiger partial charge in [-0.15, -0.1) is 0 Å². The van der Waals surface area contributed by atoms with Crippen molar-refractivity contribution >= 4 is 39.2 Å². The summed E-state index contributed by atoms with van der Waals surface area (Å²) in [5.74, 6) is 0.417. The molecule has 1 fully saturated rings. The number of hydrogen-bond acceptors (Lipinski definition) is 2. The smallest absolute Gasteiger partial charge is 0.258 e. The second kappa shape index (κ2) is 7.18. The highest BCUT2D eigenvalue weighted by Crippen LogP contribution is 2.23. The van der Waals surface area contributed by atoms with Gasteiger partial charge < -0.3 is 5.32 Å². The summed E-state index contributed by atoms with van der Waals surface area (Å²) in [5, 5.41) is 6.45.